The van der Waals surface area contributed by atoms with Crippen LogP contribution in [0.1, 0.15) is 38.2 Å². The average Bonchev–Trinajstić information content (AvgIpc) is 2.86. The fraction of sp³-hybridized carbons (Fsp3) is 0.400. The zero-order chi connectivity index (χ0) is 13.7. The molecule has 2 rings (SSSR count). The summed E-state index contributed by atoms with van der Waals surface area (Å²) in [5.41, 5.74) is 1.14. The van der Waals surface area contributed by atoms with Gasteiger partial charge < -0.3 is 10.4 Å². The molecule has 0 aromatic heterocycles. The first-order chi connectivity index (χ1) is 9.18. The number of benzene rings is 1. The molecule has 3 nitrogen and oxygen atoms in total. The van der Waals surface area contributed by atoms with Crippen LogP contribution in [0.3, 0.4) is 0 Å². The Bertz CT molecular complexity index is 472. The lowest BCUT2D eigenvalue weighted by atomic mass is 10.00. The maximum absolute atomic E-state index is 11.1. The van der Waals surface area contributed by atoms with E-state index < -0.39 is 5.97 Å². The molecule has 1 aromatic carbocycles. The van der Waals surface area contributed by atoms with Crippen LogP contribution in [0.15, 0.2) is 41.4 Å². The summed E-state index contributed by atoms with van der Waals surface area (Å²) in [7, 11) is 0. The molecular weight excluding hydrogens is 258 g/mol. The van der Waals surface area contributed by atoms with Gasteiger partial charge in [-0.3, -0.25) is 0 Å². The minimum Gasteiger partial charge on any atom is -0.477 e. The van der Waals surface area contributed by atoms with Gasteiger partial charge in [-0.25, -0.2) is 4.79 Å². The van der Waals surface area contributed by atoms with Crippen LogP contribution in [0.5, 0.6) is 0 Å². The molecule has 1 unspecified atom stereocenters. The smallest absolute Gasteiger partial charge is 0.343 e. The van der Waals surface area contributed by atoms with Crippen LogP contribution in [0.4, 0.5) is 0 Å². The highest BCUT2D eigenvalue weighted by Crippen LogP contribution is 2.46. The Morgan fingerprint density at radius 2 is 2.05 bits per heavy atom. The van der Waals surface area contributed by atoms with Crippen molar-refractivity contribution < 1.29 is 9.90 Å². The Morgan fingerprint density at radius 3 is 2.63 bits per heavy atom. The van der Waals surface area contributed by atoms with Gasteiger partial charge in [0.15, 0.2) is 0 Å². The molecule has 19 heavy (non-hydrogen) atoms. The highest BCUT2D eigenvalue weighted by Gasteiger charge is 2.38. The van der Waals surface area contributed by atoms with E-state index in [1.54, 1.807) is 6.20 Å². The second-order valence-corrected chi connectivity index (χ2v) is 6.05. The molecule has 0 bridgehead atoms. The Kier molecular flexibility index (Phi) is 4.53. The molecule has 1 heterocycles. The van der Waals surface area contributed by atoms with E-state index in [-0.39, 0.29) is 4.87 Å². The highest BCUT2D eigenvalue weighted by molar-refractivity contribution is 8.05. The number of carbonyl (C=O) groups is 1. The minimum absolute atomic E-state index is 0.315. The SMILES string of the molecule is CCCCCC1(c2ccccc2)NC=C(C(=O)O)S1. The van der Waals surface area contributed by atoms with Crippen molar-refractivity contribution in [2.24, 2.45) is 0 Å². The molecule has 1 atom stereocenters. The van der Waals surface area contributed by atoms with Crippen LogP contribution in [-0.4, -0.2) is 11.1 Å². The van der Waals surface area contributed by atoms with Gasteiger partial charge in [-0.05, 0) is 18.4 Å². The fourth-order valence-corrected chi connectivity index (χ4v) is 3.47. The maximum atomic E-state index is 11.1. The van der Waals surface area contributed by atoms with Crippen molar-refractivity contribution >= 4 is 17.7 Å². The van der Waals surface area contributed by atoms with E-state index in [4.69, 9.17) is 5.11 Å². The third-order valence-electron chi connectivity index (χ3n) is 3.30. The van der Waals surface area contributed by atoms with Crippen molar-refractivity contribution in [3.05, 3.63) is 47.0 Å². The van der Waals surface area contributed by atoms with Gasteiger partial charge in [0.25, 0.3) is 0 Å². The predicted molar refractivity (Wildman–Crippen MR) is 78.7 cm³/mol. The van der Waals surface area contributed by atoms with Crippen LogP contribution in [0.2, 0.25) is 0 Å². The largest absolute Gasteiger partial charge is 0.477 e. The summed E-state index contributed by atoms with van der Waals surface area (Å²) in [6.45, 7) is 2.17. The first-order valence-electron chi connectivity index (χ1n) is 6.63. The van der Waals surface area contributed by atoms with Crippen LogP contribution < -0.4 is 5.32 Å². The topological polar surface area (TPSA) is 49.3 Å². The number of aliphatic carboxylic acids is 1. The Hall–Kier alpha value is -1.42. The number of hydrogen-bond acceptors (Lipinski definition) is 3. The first kappa shape index (κ1) is 14.0. The molecule has 102 valence electrons. The van der Waals surface area contributed by atoms with Gasteiger partial charge in [-0.2, -0.15) is 0 Å². The Morgan fingerprint density at radius 1 is 1.32 bits per heavy atom. The van der Waals surface area contributed by atoms with Crippen LogP contribution in [-0.2, 0) is 9.67 Å². The predicted octanol–water partition coefficient (Wildman–Crippen LogP) is 3.68. The van der Waals surface area contributed by atoms with Crippen molar-refractivity contribution in [2.45, 2.75) is 37.5 Å². The maximum Gasteiger partial charge on any atom is 0.343 e. The van der Waals surface area contributed by atoms with Gasteiger partial charge in [-0.1, -0.05) is 61.9 Å². The second kappa shape index (κ2) is 6.15. The van der Waals surface area contributed by atoms with Crippen molar-refractivity contribution in [3.63, 3.8) is 0 Å². The van der Waals surface area contributed by atoms with Gasteiger partial charge in [0, 0.05) is 6.20 Å². The fourth-order valence-electron chi connectivity index (χ4n) is 2.28. The normalized spacial score (nSPS) is 21.8. The van der Waals surface area contributed by atoms with Gasteiger partial charge in [-0.15, -0.1) is 0 Å². The van der Waals surface area contributed by atoms with Crippen LogP contribution in [0, 0.1) is 0 Å². The van der Waals surface area contributed by atoms with Crippen molar-refractivity contribution in [1.82, 2.24) is 5.32 Å². The summed E-state index contributed by atoms with van der Waals surface area (Å²) in [6, 6.07) is 10.1. The van der Waals surface area contributed by atoms with Crippen LogP contribution >= 0.6 is 11.8 Å². The number of carboxylic acid groups (broad SMARTS) is 1. The van der Waals surface area contributed by atoms with E-state index >= 15 is 0 Å². The molecule has 2 N–H and O–H groups in total. The molecule has 0 saturated carbocycles. The number of nitrogens with one attached hydrogen (secondary N) is 1. The molecule has 1 aliphatic rings. The number of unbranched alkanes of at least 4 members (excludes halogenated alkanes) is 2. The molecule has 4 heteroatoms. The molecule has 0 aliphatic carbocycles. The van der Waals surface area contributed by atoms with E-state index in [1.165, 1.54) is 18.2 Å². The molecule has 0 saturated heterocycles. The van der Waals surface area contributed by atoms with E-state index in [9.17, 15) is 4.79 Å². The van der Waals surface area contributed by atoms with Gasteiger partial charge in [0.1, 0.15) is 9.78 Å². The number of carboxylic acids is 1. The summed E-state index contributed by atoms with van der Waals surface area (Å²) >= 11 is 1.42. The molecule has 0 spiro atoms. The molecule has 1 aliphatic heterocycles. The minimum atomic E-state index is -0.856. The number of rotatable bonds is 6. The van der Waals surface area contributed by atoms with Crippen molar-refractivity contribution in [1.29, 1.82) is 0 Å². The number of thioether (sulfide) groups is 1. The summed E-state index contributed by atoms with van der Waals surface area (Å²) in [6.07, 6.45) is 5.98. The lowest BCUT2D eigenvalue weighted by Gasteiger charge is -2.30. The first-order valence-corrected chi connectivity index (χ1v) is 7.45. The quantitative estimate of drug-likeness (QED) is 0.779. The van der Waals surface area contributed by atoms with Crippen LogP contribution in [0.25, 0.3) is 0 Å². The third-order valence-corrected chi connectivity index (χ3v) is 4.72. The lowest BCUT2D eigenvalue weighted by Crippen LogP contribution is -2.32. The van der Waals surface area contributed by atoms with Crippen molar-refractivity contribution in [3.8, 4) is 0 Å². The molecule has 0 amide bonds. The van der Waals surface area contributed by atoms with Gasteiger partial charge >= 0.3 is 5.97 Å². The van der Waals surface area contributed by atoms with Gasteiger partial charge in [0.2, 0.25) is 0 Å². The van der Waals surface area contributed by atoms with Crippen molar-refractivity contribution in [2.75, 3.05) is 0 Å². The Balaban J connectivity index is 2.19. The Labute approximate surface area is 118 Å². The average molecular weight is 277 g/mol. The summed E-state index contributed by atoms with van der Waals surface area (Å²) < 4.78 is 0. The molecule has 1 aromatic rings. The zero-order valence-electron chi connectivity index (χ0n) is 11.1. The molecule has 0 fully saturated rings. The summed E-state index contributed by atoms with van der Waals surface area (Å²) in [5.74, 6) is -0.856. The van der Waals surface area contributed by atoms with E-state index in [0.29, 0.717) is 4.91 Å². The summed E-state index contributed by atoms with van der Waals surface area (Å²) in [5, 5.41) is 12.4. The lowest BCUT2D eigenvalue weighted by molar-refractivity contribution is -0.131. The zero-order valence-corrected chi connectivity index (χ0v) is 11.9. The van der Waals surface area contributed by atoms with E-state index in [2.05, 4.69) is 24.4 Å². The van der Waals surface area contributed by atoms with E-state index in [0.717, 1.165) is 24.8 Å². The molecular formula is C15H19NO2S. The van der Waals surface area contributed by atoms with E-state index in [1.807, 2.05) is 18.2 Å². The standard InChI is InChI=1S/C15H19NO2S/c1-2-3-7-10-15(12-8-5-4-6-9-12)16-11-13(19-15)14(17)18/h4-6,8-9,11,16H,2-3,7,10H2,1H3,(H,17,18). The summed E-state index contributed by atoms with van der Waals surface area (Å²) in [4.78, 5) is 11.2. The van der Waals surface area contributed by atoms with Gasteiger partial charge in [0.05, 0.1) is 0 Å². The highest BCUT2D eigenvalue weighted by atomic mass is 32.2. The third kappa shape index (κ3) is 3.13. The monoisotopic (exact) mass is 277 g/mol. The second-order valence-electron chi connectivity index (χ2n) is 4.71. The molecule has 0 radical (unpaired) electrons. The number of hydrogen-bond donors (Lipinski definition) is 2.